The highest BCUT2D eigenvalue weighted by atomic mass is 15.2. The van der Waals surface area contributed by atoms with Gasteiger partial charge in [-0.1, -0.05) is 30.3 Å². The van der Waals surface area contributed by atoms with Crippen molar-refractivity contribution in [2.45, 2.75) is 25.3 Å². The van der Waals surface area contributed by atoms with E-state index in [9.17, 15) is 0 Å². The molecule has 0 aromatic heterocycles. The molecule has 3 heteroatoms. The maximum Gasteiger partial charge on any atom is 0.191 e. The summed E-state index contributed by atoms with van der Waals surface area (Å²) in [5, 5.41) is 6.74. The highest BCUT2D eigenvalue weighted by molar-refractivity contribution is 5.81. The first-order valence-corrected chi connectivity index (χ1v) is 6.43. The number of nitrogens with one attached hydrogen (secondary N) is 2. The largest absolute Gasteiger partial charge is 0.356 e. The molecule has 3 atom stereocenters. The third-order valence-corrected chi connectivity index (χ3v) is 3.59. The summed E-state index contributed by atoms with van der Waals surface area (Å²) in [6, 6.07) is 11.3. The second-order valence-electron chi connectivity index (χ2n) is 5.13. The molecule has 1 unspecified atom stereocenters. The normalized spacial score (nSPS) is 30.6. The van der Waals surface area contributed by atoms with Crippen LogP contribution < -0.4 is 10.6 Å². The fourth-order valence-corrected chi connectivity index (χ4v) is 2.47. The van der Waals surface area contributed by atoms with E-state index in [1.165, 1.54) is 12.0 Å². The molecule has 17 heavy (non-hydrogen) atoms. The van der Waals surface area contributed by atoms with Crippen LogP contribution in [-0.2, 0) is 0 Å². The molecule has 2 N–H and O–H groups in total. The predicted octanol–water partition coefficient (Wildman–Crippen LogP) is 1.73. The van der Waals surface area contributed by atoms with Gasteiger partial charge in [0.1, 0.15) is 0 Å². The minimum absolute atomic E-state index is 0.488. The van der Waals surface area contributed by atoms with E-state index in [1.54, 1.807) is 0 Å². The van der Waals surface area contributed by atoms with Crippen LogP contribution in [0.15, 0.2) is 35.3 Å². The number of hydrogen-bond acceptors (Lipinski definition) is 3. The topological polar surface area (TPSA) is 36.4 Å². The lowest BCUT2D eigenvalue weighted by atomic mass is 10.1. The van der Waals surface area contributed by atoms with Crippen molar-refractivity contribution in [3.05, 3.63) is 35.9 Å². The molecule has 1 aromatic carbocycles. The fraction of sp³-hybridized carbons (Fsp3) is 0.500. The molecule has 0 spiro atoms. The smallest absolute Gasteiger partial charge is 0.191 e. The SMILES string of the molecule is CC1CN=C(NC[C@@H]2C[C@H]2c2ccccc2)N1. The molecular formula is C14H19N3. The second kappa shape index (κ2) is 4.40. The summed E-state index contributed by atoms with van der Waals surface area (Å²) in [6.07, 6.45) is 1.31. The van der Waals surface area contributed by atoms with Gasteiger partial charge in [-0.3, -0.25) is 4.99 Å². The zero-order chi connectivity index (χ0) is 11.7. The molecule has 3 nitrogen and oxygen atoms in total. The van der Waals surface area contributed by atoms with Gasteiger partial charge in [-0.25, -0.2) is 0 Å². The number of benzene rings is 1. The Morgan fingerprint density at radius 2 is 2.18 bits per heavy atom. The summed E-state index contributed by atoms with van der Waals surface area (Å²) < 4.78 is 0. The van der Waals surface area contributed by atoms with Gasteiger partial charge in [0, 0.05) is 12.6 Å². The standard InChI is InChI=1S/C14H19N3/c1-10-8-15-14(17-10)16-9-12-7-13(12)11-5-3-2-4-6-11/h2-6,10,12-13H,7-9H2,1H3,(H2,15,16,17)/t10?,12-,13-/m0/s1. The summed E-state index contributed by atoms with van der Waals surface area (Å²) in [5.74, 6) is 2.51. The van der Waals surface area contributed by atoms with Crippen molar-refractivity contribution in [1.29, 1.82) is 0 Å². The molecule has 3 rings (SSSR count). The first kappa shape index (κ1) is 10.6. The molecule has 1 saturated carbocycles. The van der Waals surface area contributed by atoms with Crippen molar-refractivity contribution in [3.63, 3.8) is 0 Å². The fourth-order valence-electron chi connectivity index (χ4n) is 2.47. The van der Waals surface area contributed by atoms with Crippen molar-refractivity contribution in [1.82, 2.24) is 10.6 Å². The van der Waals surface area contributed by atoms with Gasteiger partial charge >= 0.3 is 0 Å². The van der Waals surface area contributed by atoms with Gasteiger partial charge in [0.15, 0.2) is 5.96 Å². The van der Waals surface area contributed by atoms with E-state index in [1.807, 2.05) is 0 Å². The Balaban J connectivity index is 1.47. The van der Waals surface area contributed by atoms with Crippen molar-refractivity contribution < 1.29 is 0 Å². The average Bonchev–Trinajstić information content (AvgIpc) is 3.03. The Labute approximate surface area is 102 Å². The van der Waals surface area contributed by atoms with Crippen LogP contribution in [0.1, 0.15) is 24.8 Å². The van der Waals surface area contributed by atoms with Gasteiger partial charge < -0.3 is 10.6 Å². The van der Waals surface area contributed by atoms with Crippen LogP contribution in [0.3, 0.4) is 0 Å². The Bertz CT molecular complexity index is 413. The summed E-state index contributed by atoms with van der Waals surface area (Å²) in [5.41, 5.74) is 1.48. The van der Waals surface area contributed by atoms with Gasteiger partial charge in [-0.2, -0.15) is 0 Å². The molecule has 90 valence electrons. The molecule has 1 aromatic rings. The quantitative estimate of drug-likeness (QED) is 0.828. The minimum Gasteiger partial charge on any atom is -0.356 e. The average molecular weight is 229 g/mol. The molecule has 0 saturated heterocycles. The van der Waals surface area contributed by atoms with E-state index in [0.717, 1.165) is 30.9 Å². The number of hydrogen-bond donors (Lipinski definition) is 2. The van der Waals surface area contributed by atoms with Gasteiger partial charge in [0.05, 0.1) is 6.54 Å². The van der Waals surface area contributed by atoms with Crippen LogP contribution in [0.5, 0.6) is 0 Å². The Morgan fingerprint density at radius 3 is 2.88 bits per heavy atom. The molecule has 1 heterocycles. The van der Waals surface area contributed by atoms with Crippen molar-refractivity contribution in [2.75, 3.05) is 13.1 Å². The Morgan fingerprint density at radius 1 is 1.35 bits per heavy atom. The maximum atomic E-state index is 4.41. The van der Waals surface area contributed by atoms with Gasteiger partial charge in [0.25, 0.3) is 0 Å². The second-order valence-corrected chi connectivity index (χ2v) is 5.13. The summed E-state index contributed by atoms with van der Waals surface area (Å²) in [6.45, 7) is 4.09. The monoisotopic (exact) mass is 229 g/mol. The molecule has 0 bridgehead atoms. The molecule has 2 aliphatic rings. The van der Waals surface area contributed by atoms with E-state index < -0.39 is 0 Å². The number of aliphatic imine (C=N–C) groups is 1. The predicted molar refractivity (Wildman–Crippen MR) is 70.2 cm³/mol. The van der Waals surface area contributed by atoms with Crippen LogP contribution in [-0.4, -0.2) is 25.1 Å². The first-order chi connectivity index (χ1) is 8.33. The van der Waals surface area contributed by atoms with Crippen LogP contribution in [0.2, 0.25) is 0 Å². The van der Waals surface area contributed by atoms with E-state index in [0.29, 0.717) is 6.04 Å². The summed E-state index contributed by atoms with van der Waals surface area (Å²) in [4.78, 5) is 4.41. The molecule has 0 radical (unpaired) electrons. The maximum absolute atomic E-state index is 4.41. The lowest BCUT2D eigenvalue weighted by Gasteiger charge is -2.08. The molecular weight excluding hydrogens is 210 g/mol. The number of nitrogens with zero attached hydrogens (tertiary/aromatic N) is 1. The number of rotatable bonds is 3. The first-order valence-electron chi connectivity index (χ1n) is 6.43. The van der Waals surface area contributed by atoms with Crippen LogP contribution >= 0.6 is 0 Å². The van der Waals surface area contributed by atoms with Gasteiger partial charge in [-0.15, -0.1) is 0 Å². The highest BCUT2D eigenvalue weighted by Crippen LogP contribution is 2.46. The molecule has 1 aliphatic heterocycles. The third-order valence-electron chi connectivity index (χ3n) is 3.59. The Hall–Kier alpha value is -1.51. The lowest BCUT2D eigenvalue weighted by Crippen LogP contribution is -2.38. The molecule has 0 amide bonds. The van der Waals surface area contributed by atoms with E-state index in [2.05, 4.69) is 52.9 Å². The van der Waals surface area contributed by atoms with Crippen molar-refractivity contribution in [2.24, 2.45) is 10.9 Å². The van der Waals surface area contributed by atoms with Gasteiger partial charge in [-0.05, 0) is 30.7 Å². The van der Waals surface area contributed by atoms with E-state index in [-0.39, 0.29) is 0 Å². The molecule has 1 aliphatic carbocycles. The summed E-state index contributed by atoms with van der Waals surface area (Å²) >= 11 is 0. The van der Waals surface area contributed by atoms with E-state index in [4.69, 9.17) is 0 Å². The Kier molecular flexibility index (Phi) is 2.75. The zero-order valence-corrected chi connectivity index (χ0v) is 10.2. The molecule has 1 fully saturated rings. The van der Waals surface area contributed by atoms with Crippen LogP contribution in [0.4, 0.5) is 0 Å². The van der Waals surface area contributed by atoms with Crippen LogP contribution in [0.25, 0.3) is 0 Å². The zero-order valence-electron chi connectivity index (χ0n) is 10.2. The highest BCUT2D eigenvalue weighted by Gasteiger charge is 2.37. The van der Waals surface area contributed by atoms with Crippen molar-refractivity contribution >= 4 is 5.96 Å². The van der Waals surface area contributed by atoms with Crippen LogP contribution in [0, 0.1) is 5.92 Å². The van der Waals surface area contributed by atoms with E-state index >= 15 is 0 Å². The lowest BCUT2D eigenvalue weighted by molar-refractivity contribution is 0.696. The van der Waals surface area contributed by atoms with Crippen molar-refractivity contribution in [3.8, 4) is 0 Å². The minimum atomic E-state index is 0.488. The summed E-state index contributed by atoms with van der Waals surface area (Å²) in [7, 11) is 0. The number of guanidine groups is 1. The van der Waals surface area contributed by atoms with Gasteiger partial charge in [0.2, 0.25) is 0 Å². The third kappa shape index (κ3) is 2.43.